The number of benzene rings is 2. The fourth-order valence-corrected chi connectivity index (χ4v) is 3.97. The molecule has 4 rings (SSSR count). The number of aromatic nitrogens is 2. The first kappa shape index (κ1) is 19.5. The first-order valence-electron chi connectivity index (χ1n) is 10.3. The van der Waals surface area contributed by atoms with Crippen LogP contribution in [0.4, 0.5) is 11.8 Å². The van der Waals surface area contributed by atoms with Gasteiger partial charge in [-0.15, -0.1) is 0 Å². The summed E-state index contributed by atoms with van der Waals surface area (Å²) in [6.07, 6.45) is 4.45. The van der Waals surface area contributed by atoms with Crippen molar-refractivity contribution in [3.05, 3.63) is 54.1 Å². The summed E-state index contributed by atoms with van der Waals surface area (Å²) in [6, 6.07) is 16.5. The van der Waals surface area contributed by atoms with Gasteiger partial charge in [-0.25, -0.2) is 4.98 Å². The Bertz CT molecular complexity index is 949. The van der Waals surface area contributed by atoms with E-state index in [0.717, 1.165) is 48.9 Å². The Morgan fingerprint density at radius 2 is 1.62 bits per heavy atom. The smallest absolute Gasteiger partial charge is 0.225 e. The van der Waals surface area contributed by atoms with Crippen LogP contribution in [0, 0.1) is 0 Å². The normalized spacial score (nSPS) is 19.2. The molecule has 0 spiro atoms. The number of nitrogens with one attached hydrogen (secondary N) is 2. The van der Waals surface area contributed by atoms with Gasteiger partial charge >= 0.3 is 0 Å². The van der Waals surface area contributed by atoms with Crippen molar-refractivity contribution in [3.8, 4) is 5.75 Å². The molecule has 1 aromatic heterocycles. The standard InChI is InChI=1S/C23H29N5O/c1-28(2)22-20-5-3-4-6-21(20)26-23(27-22)25-18-11-9-17(10-12-18)24-15-16-7-13-19(29)14-8-16/h3-8,13-14,17-18,24,29H,9-12,15H2,1-2H3,(H,25,26,27)/t17-,18+. The molecule has 0 unspecified atom stereocenters. The van der Waals surface area contributed by atoms with E-state index in [2.05, 4.69) is 16.7 Å². The SMILES string of the molecule is CN(C)c1nc(N[C@H]2CC[C@@H](NCc3ccc(O)cc3)CC2)nc2ccccc12. The maximum absolute atomic E-state index is 9.39. The van der Waals surface area contributed by atoms with E-state index in [1.54, 1.807) is 12.1 Å². The maximum atomic E-state index is 9.39. The Hall–Kier alpha value is -2.86. The molecule has 1 aliphatic carbocycles. The molecular weight excluding hydrogens is 362 g/mol. The molecule has 6 nitrogen and oxygen atoms in total. The lowest BCUT2D eigenvalue weighted by molar-refractivity contribution is 0.352. The molecule has 0 atom stereocenters. The van der Waals surface area contributed by atoms with Crippen LogP contribution in [0.2, 0.25) is 0 Å². The number of phenols is 1. The molecule has 0 radical (unpaired) electrons. The van der Waals surface area contributed by atoms with Crippen molar-refractivity contribution in [2.45, 2.75) is 44.3 Å². The van der Waals surface area contributed by atoms with Crippen LogP contribution in [0.15, 0.2) is 48.5 Å². The highest BCUT2D eigenvalue weighted by atomic mass is 16.3. The predicted octanol–water partition coefficient (Wildman–Crippen LogP) is 3.91. The van der Waals surface area contributed by atoms with Crippen molar-refractivity contribution >= 4 is 22.7 Å². The number of aromatic hydroxyl groups is 1. The third-order valence-corrected chi connectivity index (χ3v) is 5.60. The van der Waals surface area contributed by atoms with Crippen molar-refractivity contribution in [2.24, 2.45) is 0 Å². The highest BCUT2D eigenvalue weighted by Gasteiger charge is 2.22. The molecule has 1 heterocycles. The van der Waals surface area contributed by atoms with Crippen LogP contribution in [0.1, 0.15) is 31.2 Å². The molecule has 1 aliphatic rings. The average Bonchev–Trinajstić information content (AvgIpc) is 2.74. The van der Waals surface area contributed by atoms with E-state index in [4.69, 9.17) is 9.97 Å². The van der Waals surface area contributed by atoms with Gasteiger partial charge in [0.05, 0.1) is 5.52 Å². The van der Waals surface area contributed by atoms with Gasteiger partial charge in [-0.1, -0.05) is 24.3 Å². The van der Waals surface area contributed by atoms with Crippen molar-refractivity contribution in [1.82, 2.24) is 15.3 Å². The van der Waals surface area contributed by atoms with E-state index in [9.17, 15) is 5.11 Å². The molecule has 0 aliphatic heterocycles. The highest BCUT2D eigenvalue weighted by molar-refractivity contribution is 5.90. The van der Waals surface area contributed by atoms with E-state index in [0.29, 0.717) is 23.8 Å². The summed E-state index contributed by atoms with van der Waals surface area (Å²) in [5.41, 5.74) is 2.17. The van der Waals surface area contributed by atoms with Gasteiger partial charge in [0, 0.05) is 38.1 Å². The van der Waals surface area contributed by atoms with Gasteiger partial charge in [0.2, 0.25) is 5.95 Å². The van der Waals surface area contributed by atoms with Crippen LogP contribution >= 0.6 is 0 Å². The zero-order valence-corrected chi connectivity index (χ0v) is 17.1. The Morgan fingerprint density at radius 1 is 0.931 bits per heavy atom. The Balaban J connectivity index is 1.34. The second-order valence-electron chi connectivity index (χ2n) is 8.02. The molecule has 6 heteroatoms. The average molecular weight is 392 g/mol. The Labute approximate surface area is 172 Å². The monoisotopic (exact) mass is 391 g/mol. The minimum absolute atomic E-state index is 0.314. The molecule has 2 aromatic carbocycles. The first-order chi connectivity index (χ1) is 14.1. The van der Waals surface area contributed by atoms with Crippen LogP contribution < -0.4 is 15.5 Å². The van der Waals surface area contributed by atoms with Crippen LogP contribution in [0.5, 0.6) is 5.75 Å². The molecular formula is C23H29N5O. The van der Waals surface area contributed by atoms with Gasteiger partial charge < -0.3 is 20.6 Å². The van der Waals surface area contributed by atoms with Gasteiger partial charge in [0.1, 0.15) is 11.6 Å². The third kappa shape index (κ3) is 4.77. The topological polar surface area (TPSA) is 73.3 Å². The summed E-state index contributed by atoms with van der Waals surface area (Å²) in [5.74, 6) is 1.98. The number of hydrogen-bond acceptors (Lipinski definition) is 6. The van der Waals surface area contributed by atoms with E-state index in [-0.39, 0.29) is 0 Å². The zero-order valence-electron chi connectivity index (χ0n) is 17.1. The lowest BCUT2D eigenvalue weighted by Crippen LogP contribution is -2.37. The van der Waals surface area contributed by atoms with Gasteiger partial charge in [-0.2, -0.15) is 4.98 Å². The van der Waals surface area contributed by atoms with E-state index in [1.807, 2.05) is 49.3 Å². The van der Waals surface area contributed by atoms with Crippen molar-refractivity contribution in [1.29, 1.82) is 0 Å². The maximum Gasteiger partial charge on any atom is 0.225 e. The quantitative estimate of drug-likeness (QED) is 0.592. The van der Waals surface area contributed by atoms with Crippen molar-refractivity contribution in [2.75, 3.05) is 24.3 Å². The molecule has 152 valence electrons. The number of anilines is 2. The summed E-state index contributed by atoms with van der Waals surface area (Å²) in [6.45, 7) is 0.836. The number of fused-ring (bicyclic) bond motifs is 1. The predicted molar refractivity (Wildman–Crippen MR) is 118 cm³/mol. The van der Waals surface area contributed by atoms with Crippen LogP contribution in [0.25, 0.3) is 10.9 Å². The number of rotatable bonds is 6. The number of para-hydroxylation sites is 1. The molecule has 3 N–H and O–H groups in total. The largest absolute Gasteiger partial charge is 0.508 e. The number of nitrogens with zero attached hydrogens (tertiary/aromatic N) is 3. The summed E-state index contributed by atoms with van der Waals surface area (Å²) < 4.78 is 0. The Morgan fingerprint density at radius 3 is 2.34 bits per heavy atom. The molecule has 1 fully saturated rings. The van der Waals surface area contributed by atoms with Crippen LogP contribution in [-0.4, -0.2) is 41.3 Å². The van der Waals surface area contributed by atoms with Gasteiger partial charge in [-0.05, 0) is 55.5 Å². The third-order valence-electron chi connectivity index (χ3n) is 5.60. The van der Waals surface area contributed by atoms with Crippen LogP contribution in [-0.2, 0) is 6.54 Å². The Kier molecular flexibility index (Phi) is 5.81. The fourth-order valence-electron chi connectivity index (χ4n) is 3.97. The highest BCUT2D eigenvalue weighted by Crippen LogP contribution is 2.26. The summed E-state index contributed by atoms with van der Waals surface area (Å²) in [7, 11) is 4.03. The summed E-state index contributed by atoms with van der Waals surface area (Å²) in [5, 5.41) is 17.7. The minimum Gasteiger partial charge on any atom is -0.508 e. The lowest BCUT2D eigenvalue weighted by atomic mass is 9.91. The van der Waals surface area contributed by atoms with E-state index >= 15 is 0 Å². The summed E-state index contributed by atoms with van der Waals surface area (Å²) >= 11 is 0. The number of phenolic OH excluding ortho intramolecular Hbond substituents is 1. The molecule has 1 saturated carbocycles. The molecule has 29 heavy (non-hydrogen) atoms. The second kappa shape index (κ2) is 8.66. The van der Waals surface area contributed by atoms with Gasteiger partial charge in [0.25, 0.3) is 0 Å². The zero-order chi connectivity index (χ0) is 20.2. The lowest BCUT2D eigenvalue weighted by Gasteiger charge is -2.30. The van der Waals surface area contributed by atoms with Crippen molar-refractivity contribution in [3.63, 3.8) is 0 Å². The van der Waals surface area contributed by atoms with Crippen molar-refractivity contribution < 1.29 is 5.11 Å². The molecule has 3 aromatic rings. The molecule has 0 bridgehead atoms. The minimum atomic E-state index is 0.314. The van der Waals surface area contributed by atoms with Gasteiger partial charge in [-0.3, -0.25) is 0 Å². The molecule has 0 saturated heterocycles. The second-order valence-corrected chi connectivity index (χ2v) is 8.02. The first-order valence-corrected chi connectivity index (χ1v) is 10.3. The number of hydrogen-bond donors (Lipinski definition) is 3. The fraction of sp³-hybridized carbons (Fsp3) is 0.391. The van der Waals surface area contributed by atoms with E-state index in [1.165, 1.54) is 5.56 Å². The van der Waals surface area contributed by atoms with E-state index < -0.39 is 0 Å². The van der Waals surface area contributed by atoms with Crippen LogP contribution in [0.3, 0.4) is 0 Å². The van der Waals surface area contributed by atoms with Gasteiger partial charge in [0.15, 0.2) is 0 Å². The molecule has 0 amide bonds. The summed E-state index contributed by atoms with van der Waals surface area (Å²) in [4.78, 5) is 11.5.